The van der Waals surface area contributed by atoms with Crippen LogP contribution in [0.3, 0.4) is 0 Å². The lowest BCUT2D eigenvalue weighted by molar-refractivity contribution is -0.121. The molecule has 0 bridgehead atoms. The first-order valence-corrected chi connectivity index (χ1v) is 7.54. The summed E-state index contributed by atoms with van der Waals surface area (Å²) in [7, 11) is 1.65. The number of benzene rings is 1. The fourth-order valence-corrected chi connectivity index (χ4v) is 1.72. The van der Waals surface area contributed by atoms with E-state index in [2.05, 4.69) is 35.1 Å². The molecule has 1 N–H and O–H groups in total. The molecule has 0 heterocycles. The molecule has 1 rings (SSSR count). The largest absolute Gasteiger partial charge is 0.497 e. The molecule has 0 aliphatic rings. The fraction of sp³-hybridized carbons (Fsp3) is 0.533. The maximum absolute atomic E-state index is 11.8. The van der Waals surface area contributed by atoms with E-state index in [1.54, 1.807) is 7.11 Å². The van der Waals surface area contributed by atoms with Gasteiger partial charge in [0.15, 0.2) is 0 Å². The van der Waals surface area contributed by atoms with Crippen LogP contribution in [0.15, 0.2) is 24.3 Å². The van der Waals surface area contributed by atoms with Crippen LogP contribution in [0.5, 0.6) is 5.75 Å². The van der Waals surface area contributed by atoms with Crippen LogP contribution in [0.25, 0.3) is 0 Å². The highest BCUT2D eigenvalue weighted by Gasteiger charge is 2.16. The van der Waals surface area contributed by atoms with Gasteiger partial charge in [-0.05, 0) is 29.5 Å². The number of ether oxygens (including phenoxy) is 1. The normalized spacial score (nSPS) is 11.2. The zero-order valence-electron chi connectivity index (χ0n) is 11.8. The lowest BCUT2D eigenvalue weighted by Gasteiger charge is -2.21. The second-order valence-corrected chi connectivity index (χ2v) is 5.98. The third-order valence-corrected chi connectivity index (χ3v) is 4.44. The lowest BCUT2D eigenvalue weighted by atomic mass is 9.97. The molecule has 0 aliphatic carbocycles. The van der Waals surface area contributed by atoms with E-state index >= 15 is 0 Å². The van der Waals surface area contributed by atoms with Gasteiger partial charge in [-0.1, -0.05) is 41.9 Å². The van der Waals surface area contributed by atoms with Crippen molar-refractivity contribution in [2.75, 3.05) is 19.0 Å². The minimum absolute atomic E-state index is 0.0930. The first-order chi connectivity index (χ1) is 8.96. The maximum Gasteiger partial charge on any atom is 0.220 e. The number of rotatable bonds is 7. The van der Waals surface area contributed by atoms with Crippen LogP contribution in [0, 0.1) is 5.41 Å². The van der Waals surface area contributed by atoms with Crippen LogP contribution in [0.4, 0.5) is 0 Å². The number of methoxy groups -OCH3 is 1. The summed E-state index contributed by atoms with van der Waals surface area (Å²) in [5.41, 5.74) is 1.24. The van der Waals surface area contributed by atoms with E-state index < -0.39 is 0 Å². The first-order valence-electron chi connectivity index (χ1n) is 6.42. The van der Waals surface area contributed by atoms with E-state index in [9.17, 15) is 4.79 Å². The van der Waals surface area contributed by atoms with Gasteiger partial charge in [0.05, 0.1) is 7.11 Å². The maximum atomic E-state index is 11.8. The third kappa shape index (κ3) is 6.10. The predicted octanol–water partition coefficient (Wildman–Crippen LogP) is 3.17. The molecule has 0 atom stereocenters. The zero-order valence-corrected chi connectivity index (χ0v) is 13.4. The second-order valence-electron chi connectivity index (χ2n) is 5.42. The van der Waals surface area contributed by atoms with Crippen molar-refractivity contribution in [3.63, 3.8) is 0 Å². The summed E-state index contributed by atoms with van der Waals surface area (Å²) in [6.07, 6.45) is 1.27. The van der Waals surface area contributed by atoms with Crippen molar-refractivity contribution in [3.05, 3.63) is 29.8 Å². The van der Waals surface area contributed by atoms with E-state index in [1.807, 2.05) is 24.3 Å². The molecule has 0 saturated carbocycles. The third-order valence-electron chi connectivity index (χ3n) is 2.93. The van der Waals surface area contributed by atoms with E-state index in [0.29, 0.717) is 13.0 Å². The van der Waals surface area contributed by atoms with Gasteiger partial charge in [0.25, 0.3) is 0 Å². The van der Waals surface area contributed by atoms with Crippen molar-refractivity contribution in [3.8, 4) is 5.75 Å². The molecule has 1 aromatic carbocycles. The predicted molar refractivity (Wildman–Crippen MR) is 81.9 cm³/mol. The summed E-state index contributed by atoms with van der Waals surface area (Å²) in [6.45, 7) is 4.93. The quantitative estimate of drug-likeness (QED) is 0.781. The van der Waals surface area contributed by atoms with Gasteiger partial charge >= 0.3 is 0 Å². The van der Waals surface area contributed by atoms with E-state index in [4.69, 9.17) is 4.74 Å². The molecule has 106 valence electrons. The first kappa shape index (κ1) is 16.0. The minimum atomic E-state index is 0.0930. The highest BCUT2D eigenvalue weighted by Crippen LogP contribution is 2.16. The van der Waals surface area contributed by atoms with Crippen molar-refractivity contribution < 1.29 is 9.53 Å². The SMILES string of the molecule is COc1ccc(CCC(=O)NCC(C)(C)CBr)cc1. The molecule has 1 aromatic rings. The van der Waals surface area contributed by atoms with Crippen molar-refractivity contribution in [1.82, 2.24) is 5.32 Å². The van der Waals surface area contributed by atoms with Crippen molar-refractivity contribution in [2.24, 2.45) is 5.41 Å². The highest BCUT2D eigenvalue weighted by molar-refractivity contribution is 9.09. The number of aryl methyl sites for hydroxylation is 1. The van der Waals surface area contributed by atoms with Crippen LogP contribution in [-0.4, -0.2) is 24.9 Å². The summed E-state index contributed by atoms with van der Waals surface area (Å²) in [5, 5.41) is 3.85. The Hall–Kier alpha value is -1.03. The average Bonchev–Trinajstić information content (AvgIpc) is 2.43. The van der Waals surface area contributed by atoms with Gasteiger partial charge in [-0.3, -0.25) is 4.79 Å². The molecule has 0 unspecified atom stereocenters. The Morgan fingerprint density at radius 1 is 1.32 bits per heavy atom. The molecule has 4 heteroatoms. The summed E-state index contributed by atoms with van der Waals surface area (Å²) in [5.74, 6) is 0.942. The van der Waals surface area contributed by atoms with Crippen LogP contribution in [0.1, 0.15) is 25.8 Å². The number of halogens is 1. The number of hydrogen-bond acceptors (Lipinski definition) is 2. The van der Waals surface area contributed by atoms with Gasteiger partial charge in [0.1, 0.15) is 5.75 Å². The van der Waals surface area contributed by atoms with Crippen LogP contribution in [-0.2, 0) is 11.2 Å². The Kier molecular flexibility index (Phi) is 6.35. The lowest BCUT2D eigenvalue weighted by Crippen LogP contribution is -2.34. The van der Waals surface area contributed by atoms with Crippen molar-refractivity contribution in [2.45, 2.75) is 26.7 Å². The molecule has 0 fully saturated rings. The molecule has 3 nitrogen and oxygen atoms in total. The summed E-state index contributed by atoms with van der Waals surface area (Å²) >= 11 is 3.45. The Morgan fingerprint density at radius 2 is 1.95 bits per heavy atom. The number of hydrogen-bond donors (Lipinski definition) is 1. The Bertz CT molecular complexity index is 401. The fourth-order valence-electron chi connectivity index (χ4n) is 1.52. The molecule has 0 aromatic heterocycles. The average molecular weight is 328 g/mol. The number of nitrogens with one attached hydrogen (secondary N) is 1. The smallest absolute Gasteiger partial charge is 0.220 e. The topological polar surface area (TPSA) is 38.3 Å². The van der Waals surface area contributed by atoms with Gasteiger partial charge in [-0.15, -0.1) is 0 Å². The Labute approximate surface area is 123 Å². The Morgan fingerprint density at radius 3 is 2.47 bits per heavy atom. The summed E-state index contributed by atoms with van der Waals surface area (Å²) in [6, 6.07) is 7.82. The van der Waals surface area contributed by atoms with Gasteiger partial charge in [0, 0.05) is 18.3 Å². The molecule has 0 radical (unpaired) electrons. The summed E-state index contributed by atoms with van der Waals surface area (Å²) in [4.78, 5) is 11.8. The molecule has 19 heavy (non-hydrogen) atoms. The number of amides is 1. The van der Waals surface area contributed by atoms with Gasteiger partial charge in [-0.25, -0.2) is 0 Å². The van der Waals surface area contributed by atoms with E-state index in [-0.39, 0.29) is 11.3 Å². The van der Waals surface area contributed by atoms with E-state index in [1.165, 1.54) is 0 Å². The standard InChI is InChI=1S/C15H22BrNO2/c1-15(2,10-16)11-17-14(18)9-6-12-4-7-13(19-3)8-5-12/h4-5,7-8H,6,9-11H2,1-3H3,(H,17,18). The monoisotopic (exact) mass is 327 g/mol. The molecular formula is C15H22BrNO2. The minimum Gasteiger partial charge on any atom is -0.497 e. The molecule has 0 spiro atoms. The van der Waals surface area contributed by atoms with Crippen molar-refractivity contribution in [1.29, 1.82) is 0 Å². The Balaban J connectivity index is 2.33. The number of carbonyl (C=O) groups excluding carboxylic acids is 1. The number of carbonyl (C=O) groups is 1. The van der Waals surface area contributed by atoms with Gasteiger partial charge < -0.3 is 10.1 Å². The molecule has 0 aliphatic heterocycles. The molecule has 1 amide bonds. The van der Waals surface area contributed by atoms with E-state index in [0.717, 1.165) is 23.1 Å². The summed E-state index contributed by atoms with van der Waals surface area (Å²) < 4.78 is 5.10. The zero-order chi connectivity index (χ0) is 14.3. The van der Waals surface area contributed by atoms with Crippen LogP contribution < -0.4 is 10.1 Å². The molecule has 0 saturated heterocycles. The molecular weight excluding hydrogens is 306 g/mol. The van der Waals surface area contributed by atoms with Crippen molar-refractivity contribution >= 4 is 21.8 Å². The van der Waals surface area contributed by atoms with Gasteiger partial charge in [0.2, 0.25) is 5.91 Å². The van der Waals surface area contributed by atoms with Crippen LogP contribution in [0.2, 0.25) is 0 Å². The number of alkyl halides is 1. The second kappa shape index (κ2) is 7.53. The van der Waals surface area contributed by atoms with Gasteiger partial charge in [-0.2, -0.15) is 0 Å². The highest BCUT2D eigenvalue weighted by atomic mass is 79.9. The van der Waals surface area contributed by atoms with Crippen LogP contribution >= 0.6 is 15.9 Å².